The van der Waals surface area contributed by atoms with Crippen LogP contribution < -0.4 is 21.3 Å². The molecule has 1 saturated heterocycles. The van der Waals surface area contributed by atoms with E-state index in [1.165, 1.54) is 32.6 Å². The van der Waals surface area contributed by atoms with E-state index in [1.807, 2.05) is 0 Å². The van der Waals surface area contributed by atoms with Gasteiger partial charge < -0.3 is 98.6 Å². The first-order valence-electron chi connectivity index (χ1n) is 8.53. The molecule has 0 radical (unpaired) electrons. The minimum Gasteiger partial charge on any atom is -0.412 e. The summed E-state index contributed by atoms with van der Waals surface area (Å²) in [5.41, 5.74) is 0. The first kappa shape index (κ1) is 43.4. The summed E-state index contributed by atoms with van der Waals surface area (Å²) in [6.45, 7) is 8.81. The molecule has 1 aliphatic rings. The Bertz CT molecular complexity index is 382. The molecule has 1 rings (SSSR count). The predicted octanol–water partition coefficient (Wildman–Crippen LogP) is -8.60. The third kappa shape index (κ3) is 128. The van der Waals surface area contributed by atoms with Crippen LogP contribution in [0.25, 0.3) is 0 Å². The lowest BCUT2D eigenvalue weighted by atomic mass is 10.3. The fourth-order valence-electron chi connectivity index (χ4n) is 1.88. The molecule has 0 unspecified atom stereocenters. The molecule has 0 aromatic heterocycles. The van der Waals surface area contributed by atoms with Gasteiger partial charge in [0, 0.05) is 6.42 Å². The maximum Gasteiger partial charge on any atom is 0.151 e. The molecule has 202 valence electrons. The van der Waals surface area contributed by atoms with Gasteiger partial charge >= 0.3 is 0 Å². The summed E-state index contributed by atoms with van der Waals surface area (Å²) in [6.07, 6.45) is 1.16. The number of hydrogen-bond acceptors (Lipinski definition) is 13. The number of nitrogens with two attached hydrogens (primary N) is 4. The van der Waals surface area contributed by atoms with Gasteiger partial charge in [0.15, 0.2) is 6.10 Å². The van der Waals surface area contributed by atoms with Gasteiger partial charge in [-0.25, -0.2) is 0 Å². The fraction of sp³-hybridized carbons (Fsp3) is 1.00. The lowest BCUT2D eigenvalue weighted by molar-refractivity contribution is -0.751. The van der Waals surface area contributed by atoms with E-state index in [-0.39, 0.29) is 17.1 Å². The van der Waals surface area contributed by atoms with E-state index in [0.717, 1.165) is 26.2 Å². The lowest BCUT2D eigenvalue weighted by Gasteiger charge is -2.09. The molecule has 23 heteroatoms. The summed E-state index contributed by atoms with van der Waals surface area (Å²) in [4.78, 5) is 33.0. The van der Waals surface area contributed by atoms with Gasteiger partial charge in [-0.15, -0.1) is 0 Å². The molecule has 1 aliphatic heterocycles. The Hall–Kier alpha value is -3.48. The van der Waals surface area contributed by atoms with Crippen LogP contribution in [0.3, 0.4) is 0 Å². The van der Waals surface area contributed by atoms with Crippen LogP contribution >= 0.6 is 0 Å². The van der Waals surface area contributed by atoms with Crippen LogP contribution in [0.1, 0.15) is 6.42 Å². The summed E-state index contributed by atoms with van der Waals surface area (Å²) in [5.74, 6) is 0. The van der Waals surface area contributed by atoms with E-state index in [1.54, 1.807) is 0 Å². The molecule has 13 N–H and O–H groups in total. The fourth-order valence-corrected chi connectivity index (χ4v) is 1.88. The number of quaternary nitrogens is 4. The Morgan fingerprint density at radius 2 is 0.727 bits per heavy atom. The van der Waals surface area contributed by atoms with Gasteiger partial charge in [-0.3, -0.25) is 0 Å². The molecule has 0 bridgehead atoms. The predicted molar refractivity (Wildman–Crippen MR) is 106 cm³/mol. The van der Waals surface area contributed by atoms with Gasteiger partial charge in [-0.2, -0.15) is 0 Å². The first-order valence-corrected chi connectivity index (χ1v) is 8.53. The van der Waals surface area contributed by atoms with Crippen LogP contribution in [0.2, 0.25) is 0 Å². The third-order valence-electron chi connectivity index (χ3n) is 2.84. The van der Waals surface area contributed by atoms with Gasteiger partial charge in [-0.05, 0) is 0 Å². The van der Waals surface area contributed by atoms with Gasteiger partial charge in [0.2, 0.25) is 0 Å². The first-order chi connectivity index (χ1) is 14.3. The molecule has 0 aromatic carbocycles. The summed E-state index contributed by atoms with van der Waals surface area (Å²) in [7, 11) is 0. The van der Waals surface area contributed by atoms with Crippen LogP contribution in [0.4, 0.5) is 0 Å². The van der Waals surface area contributed by atoms with Crippen molar-refractivity contribution in [3.8, 4) is 0 Å². The van der Waals surface area contributed by atoms with Crippen LogP contribution in [0, 0.1) is 61.3 Å². The number of hydrogen-bond donors (Lipinski definition) is 5. The molecular formula is C10H32N8O15. The van der Waals surface area contributed by atoms with E-state index < -0.39 is 20.3 Å². The highest BCUT2D eigenvalue weighted by atomic mass is 16.9. The molecule has 0 amide bonds. The Morgan fingerprint density at radius 1 is 0.515 bits per heavy atom. The highest BCUT2D eigenvalue weighted by Gasteiger charge is 2.08. The van der Waals surface area contributed by atoms with Crippen molar-refractivity contribution < 1.29 is 57.7 Å². The molecule has 0 spiro atoms. The van der Waals surface area contributed by atoms with Crippen LogP contribution in [-0.4, -0.2) is 94.9 Å². The second-order valence-electron chi connectivity index (χ2n) is 5.26. The summed E-state index contributed by atoms with van der Waals surface area (Å²) in [6, 6.07) is 0. The minimum absolute atomic E-state index is 0. The number of nitrogens with zero attached hydrogens (tertiary/aromatic N) is 4. The lowest BCUT2D eigenvalue weighted by Crippen LogP contribution is -3.00. The molecule has 33 heavy (non-hydrogen) atoms. The summed E-state index contributed by atoms with van der Waals surface area (Å²) < 4.78 is 0. The Labute approximate surface area is 185 Å². The van der Waals surface area contributed by atoms with Crippen molar-refractivity contribution in [3.63, 3.8) is 0 Å². The zero-order chi connectivity index (χ0) is 25.1. The van der Waals surface area contributed by atoms with E-state index in [9.17, 15) is 5.11 Å². The van der Waals surface area contributed by atoms with Gasteiger partial charge in [-0.1, -0.05) is 0 Å². The standard InChI is InChI=1S/C10H24N4O.4NO3.2H2O/c15-10-8-13-6-4-11-2-1-3-12-5-7-14-9-10;4*2-1(3)4;;/h10-15H,1-9H2;;;;;2*1H2/q;4*-1;;/p+4. The average molecular weight is 504 g/mol. The largest absolute Gasteiger partial charge is 0.412 e. The van der Waals surface area contributed by atoms with Crippen LogP contribution in [0.15, 0.2) is 0 Å². The van der Waals surface area contributed by atoms with Gasteiger partial charge in [0.1, 0.15) is 39.3 Å². The molecule has 0 aliphatic carbocycles. The van der Waals surface area contributed by atoms with Crippen molar-refractivity contribution in [2.75, 3.05) is 52.4 Å². The van der Waals surface area contributed by atoms with Gasteiger partial charge in [0.05, 0.1) is 33.4 Å². The quantitative estimate of drug-likeness (QED) is 0.151. The van der Waals surface area contributed by atoms with E-state index in [0.29, 0.717) is 0 Å². The van der Waals surface area contributed by atoms with Gasteiger partial charge in [0.25, 0.3) is 0 Å². The maximum absolute atomic E-state index is 9.64. The van der Waals surface area contributed by atoms with E-state index in [4.69, 9.17) is 61.3 Å². The highest BCUT2D eigenvalue weighted by Crippen LogP contribution is 1.66. The maximum atomic E-state index is 9.64. The summed E-state index contributed by atoms with van der Waals surface area (Å²) >= 11 is 0. The Kier molecular flexibility index (Phi) is 47.3. The van der Waals surface area contributed by atoms with Crippen LogP contribution in [0.5, 0.6) is 0 Å². The molecule has 0 atom stereocenters. The SMILES string of the molecule is O.O.O=[N+]([O-])[O-].O=[N+]([O-])[O-].O=[N+]([O-])[O-].O=[N+]([O-])[O-].OC1C[NH2+]CC[NH2+]CCC[NH2+]CC[NH2+]C1. The number of aliphatic hydroxyl groups excluding tert-OH is 1. The van der Waals surface area contributed by atoms with Crippen molar-refractivity contribution in [1.82, 2.24) is 0 Å². The molecule has 1 fully saturated rings. The second kappa shape index (κ2) is 35.9. The third-order valence-corrected chi connectivity index (χ3v) is 2.84. The second-order valence-corrected chi connectivity index (χ2v) is 5.26. The highest BCUT2D eigenvalue weighted by molar-refractivity contribution is 4.45. The summed E-state index contributed by atoms with van der Waals surface area (Å²) in [5, 5.41) is 77.9. The molecule has 0 aromatic rings. The molecule has 0 saturated carbocycles. The van der Waals surface area contributed by atoms with Crippen LogP contribution in [-0.2, 0) is 0 Å². The van der Waals surface area contributed by atoms with Crippen molar-refractivity contribution >= 4 is 0 Å². The van der Waals surface area contributed by atoms with E-state index >= 15 is 0 Å². The zero-order valence-electron chi connectivity index (χ0n) is 17.4. The van der Waals surface area contributed by atoms with Crippen molar-refractivity contribution in [2.45, 2.75) is 12.5 Å². The normalized spacial score (nSPS) is 14.1. The average Bonchev–Trinajstić information content (AvgIpc) is 2.56. The Balaban J connectivity index is -0.0000000842. The van der Waals surface area contributed by atoms with E-state index in [2.05, 4.69) is 21.3 Å². The monoisotopic (exact) mass is 504 g/mol. The molecular weight excluding hydrogens is 472 g/mol. The zero-order valence-corrected chi connectivity index (χ0v) is 17.4. The topological polar surface area (TPSA) is 414 Å². The molecule has 23 nitrogen and oxygen atoms in total. The molecule has 1 heterocycles. The van der Waals surface area contributed by atoms with Crippen molar-refractivity contribution in [2.24, 2.45) is 0 Å². The number of rotatable bonds is 0. The van der Waals surface area contributed by atoms with Crippen molar-refractivity contribution in [1.29, 1.82) is 0 Å². The Morgan fingerprint density at radius 3 is 0.970 bits per heavy atom. The van der Waals surface area contributed by atoms with Crippen molar-refractivity contribution in [3.05, 3.63) is 61.3 Å². The smallest absolute Gasteiger partial charge is 0.151 e. The minimum atomic E-state index is -1.75. The number of aliphatic hydroxyl groups is 1.